The molecule has 14 heavy (non-hydrogen) atoms. The molecule has 1 N–H and O–H groups in total. The summed E-state index contributed by atoms with van der Waals surface area (Å²) in [7, 11) is 3.35. The van der Waals surface area contributed by atoms with Crippen LogP contribution < -0.4 is 5.32 Å². The predicted molar refractivity (Wildman–Crippen MR) is 51.6 cm³/mol. The molecular formula is C9H16N2O3. The van der Waals surface area contributed by atoms with Crippen molar-refractivity contribution in [3.8, 4) is 0 Å². The molecule has 0 aliphatic carbocycles. The van der Waals surface area contributed by atoms with Gasteiger partial charge >= 0.3 is 0 Å². The molecule has 0 heterocycles. The van der Waals surface area contributed by atoms with Gasteiger partial charge in [-0.3, -0.25) is 9.59 Å². The van der Waals surface area contributed by atoms with Gasteiger partial charge in [0.1, 0.15) is 6.29 Å². The molecule has 0 fully saturated rings. The van der Waals surface area contributed by atoms with E-state index in [-0.39, 0.29) is 24.8 Å². The molecule has 0 radical (unpaired) electrons. The summed E-state index contributed by atoms with van der Waals surface area (Å²) in [6.07, 6.45) is 1.79. The molecule has 5 heteroatoms. The summed E-state index contributed by atoms with van der Waals surface area (Å²) >= 11 is 0. The number of hydrogen-bond donors (Lipinski definition) is 1. The highest BCUT2D eigenvalue weighted by molar-refractivity contribution is 5.79. The quantitative estimate of drug-likeness (QED) is 0.591. The van der Waals surface area contributed by atoms with E-state index in [4.69, 9.17) is 0 Å². The molecular weight excluding hydrogens is 184 g/mol. The van der Waals surface area contributed by atoms with E-state index in [0.29, 0.717) is 19.1 Å². The zero-order valence-corrected chi connectivity index (χ0v) is 8.58. The topological polar surface area (TPSA) is 66.5 Å². The van der Waals surface area contributed by atoms with E-state index in [1.165, 1.54) is 4.90 Å². The third-order valence-corrected chi connectivity index (χ3v) is 1.68. The number of rotatable bonds is 6. The summed E-state index contributed by atoms with van der Waals surface area (Å²) < 4.78 is 0. The van der Waals surface area contributed by atoms with E-state index in [9.17, 15) is 14.4 Å². The van der Waals surface area contributed by atoms with Crippen LogP contribution in [0, 0.1) is 0 Å². The Kier molecular flexibility index (Phi) is 6.36. The van der Waals surface area contributed by atoms with Crippen molar-refractivity contribution in [1.29, 1.82) is 0 Å². The van der Waals surface area contributed by atoms with Gasteiger partial charge in [-0.05, 0) is 6.42 Å². The maximum absolute atomic E-state index is 11.1. The van der Waals surface area contributed by atoms with E-state index in [1.807, 2.05) is 0 Å². The predicted octanol–water partition coefficient (Wildman–Crippen LogP) is -0.440. The number of nitrogens with zero attached hydrogens (tertiary/aromatic N) is 1. The average Bonchev–Trinajstić information content (AvgIpc) is 2.14. The lowest BCUT2D eigenvalue weighted by molar-refractivity contribution is -0.129. The van der Waals surface area contributed by atoms with Crippen LogP contribution >= 0.6 is 0 Å². The highest BCUT2D eigenvalue weighted by atomic mass is 16.2. The van der Waals surface area contributed by atoms with Crippen molar-refractivity contribution < 1.29 is 14.4 Å². The van der Waals surface area contributed by atoms with Gasteiger partial charge in [0.05, 0.1) is 6.54 Å². The molecule has 0 rings (SSSR count). The van der Waals surface area contributed by atoms with Gasteiger partial charge in [0.15, 0.2) is 0 Å². The fraction of sp³-hybridized carbons (Fsp3) is 0.667. The summed E-state index contributed by atoms with van der Waals surface area (Å²) in [5.74, 6) is -0.183. The standard InChI is InChI=1S/C9H16N2O3/c1-11(2)9(14)5-3-4-8(13)10-6-7-12/h7H,3-6H2,1-2H3,(H,10,13). The van der Waals surface area contributed by atoms with Crippen molar-refractivity contribution in [3.63, 3.8) is 0 Å². The number of carbonyl (C=O) groups excluding carboxylic acids is 3. The van der Waals surface area contributed by atoms with Gasteiger partial charge in [-0.25, -0.2) is 0 Å². The van der Waals surface area contributed by atoms with Crippen molar-refractivity contribution in [2.24, 2.45) is 0 Å². The van der Waals surface area contributed by atoms with E-state index >= 15 is 0 Å². The molecule has 0 aromatic rings. The lowest BCUT2D eigenvalue weighted by atomic mass is 10.2. The maximum Gasteiger partial charge on any atom is 0.222 e. The number of carbonyl (C=O) groups is 3. The summed E-state index contributed by atoms with van der Waals surface area (Å²) in [6, 6.07) is 0. The van der Waals surface area contributed by atoms with Gasteiger partial charge in [0.2, 0.25) is 11.8 Å². The van der Waals surface area contributed by atoms with E-state index in [1.54, 1.807) is 14.1 Å². The molecule has 0 aliphatic rings. The second-order valence-electron chi connectivity index (χ2n) is 3.11. The van der Waals surface area contributed by atoms with Crippen LogP contribution in [0.2, 0.25) is 0 Å². The van der Waals surface area contributed by atoms with Crippen LogP contribution in [0.3, 0.4) is 0 Å². The Labute approximate surface area is 83.5 Å². The van der Waals surface area contributed by atoms with Crippen LogP contribution in [-0.2, 0) is 14.4 Å². The summed E-state index contributed by atoms with van der Waals surface area (Å²) in [5, 5.41) is 2.40. The van der Waals surface area contributed by atoms with Gasteiger partial charge in [-0.2, -0.15) is 0 Å². The number of aldehydes is 1. The molecule has 5 nitrogen and oxygen atoms in total. The highest BCUT2D eigenvalue weighted by Gasteiger charge is 2.05. The smallest absolute Gasteiger partial charge is 0.222 e. The number of amides is 2. The molecule has 0 aromatic heterocycles. The van der Waals surface area contributed by atoms with Crippen molar-refractivity contribution in [2.45, 2.75) is 19.3 Å². The van der Waals surface area contributed by atoms with Crippen molar-refractivity contribution in [1.82, 2.24) is 10.2 Å². The third kappa shape index (κ3) is 6.16. The largest absolute Gasteiger partial charge is 0.349 e. The molecule has 0 saturated carbocycles. The summed E-state index contributed by atoms with van der Waals surface area (Å²) in [6.45, 7) is 0.0421. The minimum Gasteiger partial charge on any atom is -0.349 e. The van der Waals surface area contributed by atoms with Crippen molar-refractivity contribution >= 4 is 18.1 Å². The third-order valence-electron chi connectivity index (χ3n) is 1.68. The molecule has 0 bridgehead atoms. The molecule has 0 saturated heterocycles. The first-order valence-corrected chi connectivity index (χ1v) is 4.48. The fourth-order valence-corrected chi connectivity index (χ4v) is 0.868. The Morgan fingerprint density at radius 1 is 1.29 bits per heavy atom. The van der Waals surface area contributed by atoms with Gasteiger partial charge in [0, 0.05) is 26.9 Å². The SMILES string of the molecule is CN(C)C(=O)CCCC(=O)NCC=O. The minimum atomic E-state index is -0.191. The van der Waals surface area contributed by atoms with Crippen molar-refractivity contribution in [2.75, 3.05) is 20.6 Å². The molecule has 0 aliphatic heterocycles. The van der Waals surface area contributed by atoms with Crippen molar-refractivity contribution in [3.05, 3.63) is 0 Å². The molecule has 80 valence electrons. The summed E-state index contributed by atoms with van der Waals surface area (Å²) in [4.78, 5) is 33.4. The van der Waals surface area contributed by atoms with Crippen LogP contribution in [0.4, 0.5) is 0 Å². The first kappa shape index (κ1) is 12.6. The van der Waals surface area contributed by atoms with E-state index in [2.05, 4.69) is 5.32 Å². The van der Waals surface area contributed by atoms with Crippen LogP contribution in [-0.4, -0.2) is 43.6 Å². The van der Waals surface area contributed by atoms with E-state index < -0.39 is 0 Å². The second-order valence-corrected chi connectivity index (χ2v) is 3.11. The molecule has 0 unspecified atom stereocenters. The van der Waals surface area contributed by atoms with Crippen LogP contribution in [0.25, 0.3) is 0 Å². The number of nitrogens with one attached hydrogen (secondary N) is 1. The Morgan fingerprint density at radius 2 is 1.93 bits per heavy atom. The minimum absolute atomic E-state index is 0.00758. The van der Waals surface area contributed by atoms with Gasteiger partial charge in [-0.1, -0.05) is 0 Å². The van der Waals surface area contributed by atoms with Crippen LogP contribution in [0.5, 0.6) is 0 Å². The Bertz CT molecular complexity index is 214. The Hall–Kier alpha value is -1.39. The van der Waals surface area contributed by atoms with E-state index in [0.717, 1.165) is 0 Å². The van der Waals surface area contributed by atoms with Gasteiger partial charge in [0.25, 0.3) is 0 Å². The maximum atomic E-state index is 11.1. The number of hydrogen-bond acceptors (Lipinski definition) is 3. The van der Waals surface area contributed by atoms with Crippen LogP contribution in [0.1, 0.15) is 19.3 Å². The second kappa shape index (κ2) is 7.06. The van der Waals surface area contributed by atoms with Crippen LogP contribution in [0.15, 0.2) is 0 Å². The van der Waals surface area contributed by atoms with Gasteiger partial charge < -0.3 is 15.0 Å². The zero-order chi connectivity index (χ0) is 11.0. The highest BCUT2D eigenvalue weighted by Crippen LogP contribution is 1.97. The Morgan fingerprint density at radius 3 is 2.43 bits per heavy atom. The fourth-order valence-electron chi connectivity index (χ4n) is 0.868. The monoisotopic (exact) mass is 200 g/mol. The molecule has 0 aromatic carbocycles. The Balaban J connectivity index is 3.49. The average molecular weight is 200 g/mol. The molecule has 2 amide bonds. The molecule has 0 atom stereocenters. The normalized spacial score (nSPS) is 9.29. The lowest BCUT2D eigenvalue weighted by Gasteiger charge is -2.09. The first-order valence-electron chi connectivity index (χ1n) is 4.48. The van der Waals surface area contributed by atoms with Gasteiger partial charge in [-0.15, -0.1) is 0 Å². The lowest BCUT2D eigenvalue weighted by Crippen LogP contribution is -2.26. The zero-order valence-electron chi connectivity index (χ0n) is 8.58. The first-order chi connectivity index (χ1) is 6.57. The molecule has 0 spiro atoms. The summed E-state index contributed by atoms with van der Waals surface area (Å²) in [5.41, 5.74) is 0.